The van der Waals surface area contributed by atoms with E-state index in [1.807, 2.05) is 0 Å². The van der Waals surface area contributed by atoms with Gasteiger partial charge in [-0.3, -0.25) is 0 Å². The van der Waals surface area contributed by atoms with Crippen LogP contribution in [-0.4, -0.2) is 17.3 Å². The van der Waals surface area contributed by atoms with Crippen LogP contribution < -0.4 is 47.9 Å². The van der Waals surface area contributed by atoms with Gasteiger partial charge in [-0.2, -0.15) is 22.0 Å². The standard InChI is InChI=1S/C3ClF5O2.2Li/c4-2(5,6)1(10,11)3(7,8)9;;/q-2;2*+1. The summed E-state index contributed by atoms with van der Waals surface area (Å²) in [6.07, 6.45) is -6.11. The van der Waals surface area contributed by atoms with Crippen molar-refractivity contribution in [3.63, 3.8) is 0 Å². The molecule has 0 saturated carbocycles. The molecule has 0 heterocycles. The third kappa shape index (κ3) is 4.39. The summed E-state index contributed by atoms with van der Waals surface area (Å²) in [6.45, 7) is 0. The maximum absolute atomic E-state index is 11.4. The zero-order valence-electron chi connectivity index (χ0n) is 6.58. The molecule has 0 amide bonds. The Labute approximate surface area is 98.8 Å². The van der Waals surface area contributed by atoms with Gasteiger partial charge in [-0.25, -0.2) is 0 Å². The van der Waals surface area contributed by atoms with Crippen LogP contribution in [0.2, 0.25) is 0 Å². The van der Waals surface area contributed by atoms with Gasteiger partial charge in [-0.05, 0) is 17.4 Å². The third-order valence-corrected chi connectivity index (χ3v) is 0.995. The SMILES string of the molecule is [Li+].[Li+].[O-]C([O-])(C(F)(F)F)C(F)(F)Cl. The summed E-state index contributed by atoms with van der Waals surface area (Å²) in [4.78, 5) is 0. The van der Waals surface area contributed by atoms with E-state index in [9.17, 15) is 32.2 Å². The second-order valence-corrected chi connectivity index (χ2v) is 2.09. The molecule has 0 aromatic heterocycles. The van der Waals surface area contributed by atoms with Crippen molar-refractivity contribution in [2.24, 2.45) is 0 Å². The first-order chi connectivity index (χ1) is 4.50. The van der Waals surface area contributed by atoms with Crippen LogP contribution in [0.25, 0.3) is 0 Å². The average molecular weight is 212 g/mol. The third-order valence-electron chi connectivity index (χ3n) is 0.746. The molecule has 0 unspecified atom stereocenters. The second-order valence-electron chi connectivity index (χ2n) is 1.61. The molecule has 0 aromatic rings. The Morgan fingerprint density at radius 3 is 1.08 bits per heavy atom. The summed E-state index contributed by atoms with van der Waals surface area (Å²) in [6, 6.07) is 0. The van der Waals surface area contributed by atoms with Crippen LogP contribution in [0.4, 0.5) is 22.0 Å². The van der Waals surface area contributed by atoms with Crippen molar-refractivity contribution >= 4 is 11.6 Å². The fourth-order valence-electron chi connectivity index (χ4n) is 0.161. The Hall–Kier alpha value is 1.05. The maximum atomic E-state index is 11.4. The van der Waals surface area contributed by atoms with Crippen LogP contribution in [0.15, 0.2) is 0 Å². The molecule has 0 aliphatic rings. The summed E-state index contributed by atoms with van der Waals surface area (Å²) in [5.41, 5.74) is 0. The summed E-state index contributed by atoms with van der Waals surface area (Å²) in [5.74, 6) is -5.69. The molecule has 0 aromatic carbocycles. The van der Waals surface area contributed by atoms with Gasteiger partial charge in [0.1, 0.15) is 0 Å². The predicted molar refractivity (Wildman–Crippen MR) is 19.6 cm³/mol. The van der Waals surface area contributed by atoms with E-state index in [4.69, 9.17) is 0 Å². The maximum Gasteiger partial charge on any atom is 1.00 e. The van der Waals surface area contributed by atoms with Gasteiger partial charge in [0, 0.05) is 0 Å². The van der Waals surface area contributed by atoms with E-state index in [-0.39, 0.29) is 37.7 Å². The molecule has 0 spiro atoms. The van der Waals surface area contributed by atoms with E-state index in [0.717, 1.165) is 0 Å². The minimum atomic E-state index is -6.11. The van der Waals surface area contributed by atoms with Crippen LogP contribution in [0.3, 0.4) is 0 Å². The van der Waals surface area contributed by atoms with Gasteiger partial charge >= 0.3 is 49.3 Å². The summed E-state index contributed by atoms with van der Waals surface area (Å²) < 4.78 is 56.3. The van der Waals surface area contributed by atoms with Crippen LogP contribution in [0, 0.1) is 0 Å². The first kappa shape index (κ1) is 19.6. The fourth-order valence-corrected chi connectivity index (χ4v) is 0.268. The first-order valence-electron chi connectivity index (χ1n) is 2.04. The monoisotopic (exact) mass is 212 g/mol. The Morgan fingerprint density at radius 1 is 0.846 bits per heavy atom. The number of alkyl halides is 6. The Bertz CT molecular complexity index is 139. The molecule has 0 saturated heterocycles. The molecule has 0 aliphatic carbocycles. The molecule has 0 aliphatic heterocycles. The summed E-state index contributed by atoms with van der Waals surface area (Å²) >= 11 is 3.63. The second kappa shape index (κ2) is 5.22. The number of rotatable bonds is 1. The zero-order valence-corrected chi connectivity index (χ0v) is 7.34. The number of halogens is 6. The molecule has 0 bridgehead atoms. The van der Waals surface area contributed by atoms with Crippen molar-refractivity contribution in [3.05, 3.63) is 0 Å². The van der Waals surface area contributed by atoms with E-state index in [0.29, 0.717) is 0 Å². The largest absolute Gasteiger partial charge is 1.00 e. The molecule has 0 atom stereocenters. The molecule has 68 valence electrons. The summed E-state index contributed by atoms with van der Waals surface area (Å²) in [7, 11) is 0. The van der Waals surface area contributed by atoms with E-state index < -0.39 is 17.3 Å². The smallest absolute Gasteiger partial charge is 0.851 e. The zero-order chi connectivity index (χ0) is 9.50. The van der Waals surface area contributed by atoms with Gasteiger partial charge in [0.05, 0.1) is 0 Å². The molecule has 2 nitrogen and oxygen atoms in total. The van der Waals surface area contributed by atoms with Gasteiger partial charge in [-0.15, -0.1) is 0 Å². The van der Waals surface area contributed by atoms with Gasteiger partial charge in [0.2, 0.25) is 0 Å². The molecule has 0 fully saturated rings. The number of hydrogen-bond acceptors (Lipinski definition) is 2. The van der Waals surface area contributed by atoms with E-state index in [1.165, 1.54) is 0 Å². The van der Waals surface area contributed by atoms with Crippen molar-refractivity contribution in [2.75, 3.05) is 0 Å². The molecule has 0 N–H and O–H groups in total. The Morgan fingerprint density at radius 2 is 1.08 bits per heavy atom. The first-order valence-corrected chi connectivity index (χ1v) is 2.42. The van der Waals surface area contributed by atoms with E-state index in [2.05, 4.69) is 11.6 Å². The molecular weight excluding hydrogens is 212 g/mol. The topological polar surface area (TPSA) is 46.1 Å². The molecule has 13 heavy (non-hydrogen) atoms. The van der Waals surface area contributed by atoms with Crippen molar-refractivity contribution in [1.29, 1.82) is 0 Å². The fraction of sp³-hybridized carbons (Fsp3) is 1.00. The van der Waals surface area contributed by atoms with Gasteiger partial charge in [0.25, 0.3) is 0 Å². The minimum Gasteiger partial charge on any atom is -0.851 e. The van der Waals surface area contributed by atoms with E-state index >= 15 is 0 Å². The van der Waals surface area contributed by atoms with Crippen LogP contribution >= 0.6 is 11.6 Å². The van der Waals surface area contributed by atoms with Crippen molar-refractivity contribution < 1.29 is 69.9 Å². The Kier molecular flexibility index (Phi) is 7.88. The number of hydrogen-bond donors (Lipinski definition) is 0. The van der Waals surface area contributed by atoms with Crippen molar-refractivity contribution in [1.82, 2.24) is 0 Å². The molecule has 0 radical (unpaired) electrons. The quantitative estimate of drug-likeness (QED) is 0.188. The van der Waals surface area contributed by atoms with Crippen molar-refractivity contribution in [3.8, 4) is 0 Å². The van der Waals surface area contributed by atoms with Crippen LogP contribution in [-0.2, 0) is 0 Å². The van der Waals surface area contributed by atoms with E-state index in [1.54, 1.807) is 0 Å². The minimum absolute atomic E-state index is 0. The molecule has 0 rings (SSSR count). The predicted octanol–water partition coefficient (Wildman–Crippen LogP) is -6.19. The van der Waals surface area contributed by atoms with Gasteiger partial charge in [0.15, 0.2) is 0 Å². The molecular formula is C3ClF5Li2O2. The van der Waals surface area contributed by atoms with Gasteiger partial charge < -0.3 is 10.2 Å². The van der Waals surface area contributed by atoms with Crippen LogP contribution in [0.1, 0.15) is 0 Å². The average Bonchev–Trinajstić information content (AvgIpc) is 1.58. The van der Waals surface area contributed by atoms with Crippen LogP contribution in [0.5, 0.6) is 0 Å². The van der Waals surface area contributed by atoms with Gasteiger partial charge in [-0.1, -0.05) is 0 Å². The Balaban J connectivity index is -0.000000500. The molecule has 10 heteroatoms. The van der Waals surface area contributed by atoms with Crippen molar-refractivity contribution in [2.45, 2.75) is 17.3 Å². The normalized spacial score (nSPS) is 12.9. The summed E-state index contributed by atoms with van der Waals surface area (Å²) in [5, 5.41) is 13.8.